The Morgan fingerprint density at radius 1 is 0.315 bits per heavy atom. The SMILES string of the molecule is O=P(c1ccccc1)(c1ccccc1)c1ccc(-c2cccc3ccc(-c4ccc(-c5cc(-c6ccccc6)nc(-c6ccccc6)c5)cc4)cc23)cc1. The second-order valence-corrected chi connectivity index (χ2v) is 16.3. The van der Waals surface area contributed by atoms with Crippen molar-refractivity contribution in [3.63, 3.8) is 0 Å². The minimum atomic E-state index is -3.05. The zero-order valence-corrected chi connectivity index (χ0v) is 30.5. The van der Waals surface area contributed by atoms with Crippen LogP contribution in [0.4, 0.5) is 0 Å². The van der Waals surface area contributed by atoms with Crippen LogP contribution in [0.3, 0.4) is 0 Å². The topological polar surface area (TPSA) is 30.0 Å². The van der Waals surface area contributed by atoms with Crippen LogP contribution in [0.2, 0.25) is 0 Å². The molecule has 0 amide bonds. The van der Waals surface area contributed by atoms with Crippen LogP contribution in [-0.4, -0.2) is 4.98 Å². The van der Waals surface area contributed by atoms with E-state index in [0.717, 1.165) is 71.8 Å². The van der Waals surface area contributed by atoms with Gasteiger partial charge in [-0.1, -0.05) is 200 Å². The summed E-state index contributed by atoms with van der Waals surface area (Å²) in [6.45, 7) is 0. The van der Waals surface area contributed by atoms with Crippen molar-refractivity contribution in [3.05, 3.63) is 218 Å². The fraction of sp³-hybridized carbons (Fsp3) is 0. The van der Waals surface area contributed by atoms with Gasteiger partial charge < -0.3 is 4.57 Å². The predicted molar refractivity (Wildman–Crippen MR) is 228 cm³/mol. The Kier molecular flexibility index (Phi) is 8.89. The summed E-state index contributed by atoms with van der Waals surface area (Å²) in [6, 6.07) is 75.1. The van der Waals surface area contributed by atoms with Gasteiger partial charge in [0.1, 0.15) is 0 Å². The molecule has 0 fully saturated rings. The van der Waals surface area contributed by atoms with E-state index in [-0.39, 0.29) is 0 Å². The van der Waals surface area contributed by atoms with Gasteiger partial charge >= 0.3 is 0 Å². The Morgan fingerprint density at radius 2 is 0.759 bits per heavy atom. The van der Waals surface area contributed by atoms with Crippen molar-refractivity contribution >= 4 is 33.8 Å². The first kappa shape index (κ1) is 33.3. The van der Waals surface area contributed by atoms with Crippen molar-refractivity contribution in [2.24, 2.45) is 0 Å². The van der Waals surface area contributed by atoms with E-state index in [1.54, 1.807) is 0 Å². The molecule has 2 nitrogen and oxygen atoms in total. The van der Waals surface area contributed by atoms with Gasteiger partial charge in [0, 0.05) is 27.0 Å². The molecule has 0 unspecified atom stereocenters. The maximum atomic E-state index is 15.0. The molecule has 3 heteroatoms. The third kappa shape index (κ3) is 6.38. The largest absolute Gasteiger partial charge is 0.309 e. The number of rotatable bonds is 8. The number of aromatic nitrogens is 1. The van der Waals surface area contributed by atoms with Crippen LogP contribution in [0.5, 0.6) is 0 Å². The molecule has 1 heterocycles. The van der Waals surface area contributed by atoms with E-state index in [1.165, 1.54) is 10.8 Å². The first-order valence-corrected chi connectivity index (χ1v) is 19.9. The molecule has 0 radical (unpaired) electrons. The number of pyridine rings is 1. The Bertz CT molecular complexity index is 2650. The Hall–Kier alpha value is -6.60. The van der Waals surface area contributed by atoms with Crippen molar-refractivity contribution < 1.29 is 4.57 Å². The maximum absolute atomic E-state index is 15.0. The second-order valence-electron chi connectivity index (χ2n) is 13.5. The van der Waals surface area contributed by atoms with Gasteiger partial charge in [0.15, 0.2) is 7.14 Å². The van der Waals surface area contributed by atoms with Crippen LogP contribution < -0.4 is 15.9 Å². The maximum Gasteiger partial charge on any atom is 0.171 e. The minimum absolute atomic E-state index is 0.825. The van der Waals surface area contributed by atoms with Gasteiger partial charge in [-0.15, -0.1) is 0 Å². The van der Waals surface area contributed by atoms with E-state index < -0.39 is 7.14 Å². The lowest BCUT2D eigenvalue weighted by Crippen LogP contribution is -2.24. The highest BCUT2D eigenvalue weighted by Gasteiger charge is 2.29. The van der Waals surface area contributed by atoms with E-state index in [4.69, 9.17) is 4.98 Å². The number of benzene rings is 8. The van der Waals surface area contributed by atoms with Crippen molar-refractivity contribution in [2.75, 3.05) is 0 Å². The molecule has 0 saturated heterocycles. The highest BCUT2D eigenvalue weighted by atomic mass is 31.2. The molecule has 0 N–H and O–H groups in total. The molecule has 1 aromatic heterocycles. The van der Waals surface area contributed by atoms with Gasteiger partial charge in [-0.05, 0) is 62.4 Å². The number of nitrogens with zero attached hydrogens (tertiary/aromatic N) is 1. The summed E-state index contributed by atoms with van der Waals surface area (Å²) in [5.41, 5.74) is 10.9. The monoisotopic (exact) mass is 709 g/mol. The third-order valence-corrected chi connectivity index (χ3v) is 13.3. The van der Waals surface area contributed by atoms with Crippen LogP contribution in [0.15, 0.2) is 218 Å². The van der Waals surface area contributed by atoms with Crippen LogP contribution >= 0.6 is 7.14 Å². The van der Waals surface area contributed by atoms with E-state index in [2.05, 4.69) is 133 Å². The first-order valence-electron chi connectivity index (χ1n) is 18.2. The van der Waals surface area contributed by atoms with Gasteiger partial charge in [0.2, 0.25) is 0 Å². The van der Waals surface area contributed by atoms with Gasteiger partial charge in [-0.25, -0.2) is 4.98 Å². The van der Waals surface area contributed by atoms with Crippen molar-refractivity contribution in [1.29, 1.82) is 0 Å². The number of hydrogen-bond donors (Lipinski definition) is 0. The van der Waals surface area contributed by atoms with Gasteiger partial charge in [0.05, 0.1) is 11.4 Å². The average molecular weight is 710 g/mol. The molecule has 9 aromatic rings. The lowest BCUT2D eigenvalue weighted by atomic mass is 9.94. The quantitative estimate of drug-likeness (QED) is 0.147. The standard InChI is InChI=1S/C51H36NOP/c53-54(45-19-9-3-10-20-45,46-21-11-4-12-22-46)47-32-30-40(31-33-47)48-23-13-18-39-28-29-43(34-49(39)48)37-24-26-38(27-25-37)44-35-50(41-14-5-1-6-15-41)52-51(36-44)42-16-7-2-8-17-42/h1-36H. The summed E-state index contributed by atoms with van der Waals surface area (Å²) < 4.78 is 15.0. The average Bonchev–Trinajstić information content (AvgIpc) is 3.27. The molecule has 8 aromatic carbocycles. The zero-order chi connectivity index (χ0) is 36.3. The van der Waals surface area contributed by atoms with E-state index >= 15 is 0 Å². The minimum Gasteiger partial charge on any atom is -0.309 e. The Morgan fingerprint density at radius 3 is 1.30 bits per heavy atom. The first-order chi connectivity index (χ1) is 26.6. The van der Waals surface area contributed by atoms with Crippen LogP contribution in [0.1, 0.15) is 0 Å². The third-order valence-electron chi connectivity index (χ3n) is 10.2. The van der Waals surface area contributed by atoms with Gasteiger partial charge in [-0.2, -0.15) is 0 Å². The summed E-state index contributed by atoms with van der Waals surface area (Å²) >= 11 is 0. The molecule has 54 heavy (non-hydrogen) atoms. The molecule has 0 saturated carbocycles. The molecule has 9 rings (SSSR count). The number of hydrogen-bond acceptors (Lipinski definition) is 2. The molecule has 0 atom stereocenters. The summed E-state index contributed by atoms with van der Waals surface area (Å²) in [5.74, 6) is 0. The van der Waals surface area contributed by atoms with Crippen LogP contribution in [0, 0.1) is 0 Å². The molecule has 0 bridgehead atoms. The van der Waals surface area contributed by atoms with Gasteiger partial charge in [-0.3, -0.25) is 0 Å². The summed E-state index contributed by atoms with van der Waals surface area (Å²) in [7, 11) is -3.05. The predicted octanol–water partition coefficient (Wildman–Crippen LogP) is 12.2. The highest BCUT2D eigenvalue weighted by molar-refractivity contribution is 7.85. The summed E-state index contributed by atoms with van der Waals surface area (Å²) in [4.78, 5) is 5.06. The van der Waals surface area contributed by atoms with Crippen LogP contribution in [0.25, 0.3) is 66.7 Å². The fourth-order valence-corrected chi connectivity index (χ4v) is 9.99. The normalized spacial score (nSPS) is 11.4. The molecular weight excluding hydrogens is 674 g/mol. The summed E-state index contributed by atoms with van der Waals surface area (Å²) in [5, 5.41) is 4.85. The molecule has 0 aliphatic carbocycles. The summed E-state index contributed by atoms with van der Waals surface area (Å²) in [6.07, 6.45) is 0. The highest BCUT2D eigenvalue weighted by Crippen LogP contribution is 2.43. The molecule has 0 aliphatic rings. The van der Waals surface area contributed by atoms with E-state index in [0.29, 0.717) is 0 Å². The van der Waals surface area contributed by atoms with Crippen molar-refractivity contribution in [3.8, 4) is 55.9 Å². The van der Waals surface area contributed by atoms with E-state index in [9.17, 15) is 4.57 Å². The van der Waals surface area contributed by atoms with E-state index in [1.807, 2.05) is 84.9 Å². The van der Waals surface area contributed by atoms with Gasteiger partial charge in [0.25, 0.3) is 0 Å². The molecule has 256 valence electrons. The van der Waals surface area contributed by atoms with Crippen LogP contribution in [-0.2, 0) is 4.57 Å². The Balaban J connectivity index is 1.06. The lowest BCUT2D eigenvalue weighted by molar-refractivity contribution is 0.592. The fourth-order valence-electron chi connectivity index (χ4n) is 7.34. The molecular formula is C51H36NOP. The Labute approximate surface area is 316 Å². The molecule has 0 aliphatic heterocycles. The molecule has 0 spiro atoms. The van der Waals surface area contributed by atoms with Crippen molar-refractivity contribution in [1.82, 2.24) is 4.98 Å². The number of fused-ring (bicyclic) bond motifs is 1. The van der Waals surface area contributed by atoms with Crippen molar-refractivity contribution in [2.45, 2.75) is 0 Å². The lowest BCUT2D eigenvalue weighted by Gasteiger charge is -2.20. The smallest absolute Gasteiger partial charge is 0.171 e. The zero-order valence-electron chi connectivity index (χ0n) is 29.6. The second kappa shape index (κ2) is 14.4.